The number of morpholine rings is 1. The van der Waals surface area contributed by atoms with Gasteiger partial charge in [-0.2, -0.15) is 0 Å². The van der Waals surface area contributed by atoms with Crippen LogP contribution in [0.1, 0.15) is 16.1 Å². The maximum atomic E-state index is 12.9. The van der Waals surface area contributed by atoms with E-state index < -0.39 is 6.10 Å². The topological polar surface area (TPSA) is 75.9 Å². The van der Waals surface area contributed by atoms with Gasteiger partial charge in [0.15, 0.2) is 6.10 Å². The molecule has 0 saturated carbocycles. The Labute approximate surface area is 156 Å². The highest BCUT2D eigenvalue weighted by Gasteiger charge is 2.30. The zero-order valence-corrected chi connectivity index (χ0v) is 15.0. The first kappa shape index (κ1) is 17.2. The molecule has 1 aliphatic heterocycles. The number of para-hydroxylation sites is 1. The molecule has 1 saturated heterocycles. The summed E-state index contributed by atoms with van der Waals surface area (Å²) in [5.74, 6) is -0.455. The van der Waals surface area contributed by atoms with Crippen LogP contribution in [0, 0.1) is 6.92 Å². The van der Waals surface area contributed by atoms with Gasteiger partial charge in [-0.25, -0.2) is 4.98 Å². The molecule has 2 aromatic heterocycles. The third-order valence-electron chi connectivity index (χ3n) is 4.58. The molecule has 0 spiro atoms. The van der Waals surface area contributed by atoms with Crippen molar-refractivity contribution in [2.45, 2.75) is 13.0 Å². The van der Waals surface area contributed by atoms with E-state index >= 15 is 0 Å². The summed E-state index contributed by atoms with van der Waals surface area (Å²) in [5.41, 5.74) is 2.82. The van der Waals surface area contributed by atoms with E-state index in [1.165, 1.54) is 0 Å². The smallest absolute Gasteiger partial charge is 0.274 e. The molecule has 0 bridgehead atoms. The molecule has 3 heterocycles. The lowest BCUT2D eigenvalue weighted by Crippen LogP contribution is -2.50. The van der Waals surface area contributed by atoms with Crippen LogP contribution < -0.4 is 5.32 Å². The van der Waals surface area contributed by atoms with Crippen molar-refractivity contribution in [3.05, 3.63) is 66.1 Å². The van der Waals surface area contributed by atoms with E-state index in [-0.39, 0.29) is 18.4 Å². The predicted molar refractivity (Wildman–Crippen MR) is 101 cm³/mol. The van der Waals surface area contributed by atoms with Crippen molar-refractivity contribution in [3.8, 4) is 0 Å². The SMILES string of the molecule is Cc1cccn2cc(C(=O)N3CCO[C@H](C(=O)Nc4ccccc4)C3)nc12. The van der Waals surface area contributed by atoms with Gasteiger partial charge in [0.25, 0.3) is 11.8 Å². The average Bonchev–Trinajstić information content (AvgIpc) is 3.14. The number of hydrogen-bond acceptors (Lipinski definition) is 4. The zero-order valence-electron chi connectivity index (χ0n) is 15.0. The fraction of sp³-hybridized carbons (Fsp3) is 0.250. The number of carbonyl (C=O) groups excluding carboxylic acids is 2. The van der Waals surface area contributed by atoms with Crippen LogP contribution in [0.2, 0.25) is 0 Å². The van der Waals surface area contributed by atoms with Gasteiger partial charge in [-0.15, -0.1) is 0 Å². The van der Waals surface area contributed by atoms with Gasteiger partial charge in [0, 0.05) is 24.6 Å². The Morgan fingerprint density at radius 1 is 1.19 bits per heavy atom. The highest BCUT2D eigenvalue weighted by molar-refractivity contribution is 5.96. The first-order valence-corrected chi connectivity index (χ1v) is 8.83. The summed E-state index contributed by atoms with van der Waals surface area (Å²) in [5, 5.41) is 2.82. The van der Waals surface area contributed by atoms with E-state index in [0.29, 0.717) is 24.5 Å². The highest BCUT2D eigenvalue weighted by atomic mass is 16.5. The molecule has 4 rings (SSSR count). The predicted octanol–water partition coefficient (Wildman–Crippen LogP) is 2.12. The second-order valence-corrected chi connectivity index (χ2v) is 6.51. The van der Waals surface area contributed by atoms with Crippen LogP contribution in [-0.4, -0.2) is 51.9 Å². The van der Waals surface area contributed by atoms with Crippen molar-refractivity contribution in [2.24, 2.45) is 0 Å². The van der Waals surface area contributed by atoms with Crippen molar-refractivity contribution in [2.75, 3.05) is 25.0 Å². The Morgan fingerprint density at radius 3 is 2.78 bits per heavy atom. The molecule has 3 aromatic rings. The number of aromatic nitrogens is 2. The van der Waals surface area contributed by atoms with E-state index in [4.69, 9.17) is 4.74 Å². The minimum atomic E-state index is -0.707. The second-order valence-electron chi connectivity index (χ2n) is 6.51. The van der Waals surface area contributed by atoms with Gasteiger partial charge in [-0.3, -0.25) is 9.59 Å². The number of amides is 2. The molecule has 0 radical (unpaired) electrons. The highest BCUT2D eigenvalue weighted by Crippen LogP contribution is 2.15. The van der Waals surface area contributed by atoms with Crippen molar-refractivity contribution in [3.63, 3.8) is 0 Å². The third kappa shape index (κ3) is 3.54. The number of aryl methyl sites for hydroxylation is 1. The Hall–Kier alpha value is -3.19. The van der Waals surface area contributed by atoms with Gasteiger partial charge < -0.3 is 19.4 Å². The molecule has 7 nitrogen and oxygen atoms in total. The largest absolute Gasteiger partial charge is 0.365 e. The standard InChI is InChI=1S/C20H20N4O3/c1-14-6-5-9-23-12-16(22-18(14)23)20(26)24-10-11-27-17(13-24)19(25)21-15-7-3-2-4-8-15/h2-9,12,17H,10-11,13H2,1H3,(H,21,25)/t17-/m0/s1. The lowest BCUT2D eigenvalue weighted by atomic mass is 10.2. The van der Waals surface area contributed by atoms with E-state index in [1.54, 1.807) is 11.1 Å². The molecule has 7 heteroatoms. The Kier molecular flexibility index (Phi) is 4.60. The number of benzene rings is 1. The molecule has 1 atom stereocenters. The molecule has 2 amide bonds. The molecule has 1 N–H and O–H groups in total. The molecule has 0 unspecified atom stereocenters. The van der Waals surface area contributed by atoms with Crippen molar-refractivity contribution >= 4 is 23.1 Å². The summed E-state index contributed by atoms with van der Waals surface area (Å²) in [4.78, 5) is 31.4. The van der Waals surface area contributed by atoms with E-state index in [2.05, 4.69) is 10.3 Å². The number of carbonyl (C=O) groups is 2. The quantitative estimate of drug-likeness (QED) is 0.772. The minimum Gasteiger partial charge on any atom is -0.365 e. The van der Waals surface area contributed by atoms with Gasteiger partial charge >= 0.3 is 0 Å². The number of nitrogens with zero attached hydrogens (tertiary/aromatic N) is 3. The number of pyridine rings is 1. The van der Waals surface area contributed by atoms with E-state index in [0.717, 1.165) is 11.2 Å². The van der Waals surface area contributed by atoms with Crippen LogP contribution in [0.3, 0.4) is 0 Å². The number of imidazole rings is 1. The fourth-order valence-corrected chi connectivity index (χ4v) is 3.16. The zero-order chi connectivity index (χ0) is 18.8. The van der Waals surface area contributed by atoms with Gasteiger partial charge in [0.1, 0.15) is 11.3 Å². The average molecular weight is 364 g/mol. The number of nitrogens with one attached hydrogen (secondary N) is 1. The first-order valence-electron chi connectivity index (χ1n) is 8.83. The number of rotatable bonds is 3. The van der Waals surface area contributed by atoms with Crippen molar-refractivity contribution < 1.29 is 14.3 Å². The van der Waals surface area contributed by atoms with Gasteiger partial charge in [-0.1, -0.05) is 24.3 Å². The van der Waals surface area contributed by atoms with Gasteiger partial charge in [0.2, 0.25) is 0 Å². The second kappa shape index (κ2) is 7.20. The summed E-state index contributed by atoms with van der Waals surface area (Å²) in [6.45, 7) is 2.89. The maximum absolute atomic E-state index is 12.9. The van der Waals surface area contributed by atoms with Crippen LogP contribution >= 0.6 is 0 Å². The van der Waals surface area contributed by atoms with Crippen molar-refractivity contribution in [1.29, 1.82) is 0 Å². The molecular formula is C20H20N4O3. The molecule has 1 aromatic carbocycles. The van der Waals surface area contributed by atoms with Crippen molar-refractivity contribution in [1.82, 2.24) is 14.3 Å². The van der Waals surface area contributed by atoms with E-state index in [9.17, 15) is 9.59 Å². The molecule has 27 heavy (non-hydrogen) atoms. The summed E-state index contributed by atoms with van der Waals surface area (Å²) in [7, 11) is 0. The van der Waals surface area contributed by atoms with Crippen LogP contribution in [-0.2, 0) is 9.53 Å². The Bertz CT molecular complexity index is 983. The number of fused-ring (bicyclic) bond motifs is 1. The first-order chi connectivity index (χ1) is 13.1. The summed E-state index contributed by atoms with van der Waals surface area (Å²) < 4.78 is 7.41. The fourth-order valence-electron chi connectivity index (χ4n) is 3.16. The minimum absolute atomic E-state index is 0.195. The normalized spacial score (nSPS) is 17.1. The lowest BCUT2D eigenvalue weighted by Gasteiger charge is -2.31. The van der Waals surface area contributed by atoms with Crippen LogP contribution in [0.5, 0.6) is 0 Å². The van der Waals surface area contributed by atoms with Gasteiger partial charge in [0.05, 0.1) is 13.2 Å². The van der Waals surface area contributed by atoms with Crippen LogP contribution in [0.4, 0.5) is 5.69 Å². The van der Waals surface area contributed by atoms with Crippen LogP contribution in [0.15, 0.2) is 54.9 Å². The third-order valence-corrected chi connectivity index (χ3v) is 4.58. The lowest BCUT2D eigenvalue weighted by molar-refractivity contribution is -0.131. The van der Waals surface area contributed by atoms with Gasteiger partial charge in [-0.05, 0) is 30.7 Å². The molecule has 0 aliphatic carbocycles. The monoisotopic (exact) mass is 364 g/mol. The number of hydrogen-bond donors (Lipinski definition) is 1. The molecular weight excluding hydrogens is 344 g/mol. The Morgan fingerprint density at radius 2 is 2.00 bits per heavy atom. The number of ether oxygens (including phenoxy) is 1. The molecule has 1 aliphatic rings. The van der Waals surface area contributed by atoms with Crippen LogP contribution in [0.25, 0.3) is 5.65 Å². The maximum Gasteiger partial charge on any atom is 0.274 e. The summed E-state index contributed by atoms with van der Waals surface area (Å²) in [6, 6.07) is 13.1. The van der Waals surface area contributed by atoms with E-state index in [1.807, 2.05) is 60.0 Å². The summed E-state index contributed by atoms with van der Waals surface area (Å²) in [6.07, 6.45) is 2.88. The molecule has 138 valence electrons. The number of anilines is 1. The summed E-state index contributed by atoms with van der Waals surface area (Å²) >= 11 is 0. The molecule has 1 fully saturated rings. The Balaban J connectivity index is 1.47.